The Labute approximate surface area is 206 Å². The molecule has 0 spiro atoms. The molecule has 1 saturated heterocycles. The van der Waals surface area contributed by atoms with E-state index in [1.807, 2.05) is 75.0 Å². The van der Waals surface area contributed by atoms with Crippen LogP contribution in [0.1, 0.15) is 35.5 Å². The van der Waals surface area contributed by atoms with Crippen LogP contribution in [0.3, 0.4) is 0 Å². The van der Waals surface area contributed by atoms with Crippen molar-refractivity contribution in [3.8, 4) is 0 Å². The summed E-state index contributed by atoms with van der Waals surface area (Å²) in [6, 6.07) is 13.8. The summed E-state index contributed by atoms with van der Waals surface area (Å²) in [7, 11) is 3.93. The summed E-state index contributed by atoms with van der Waals surface area (Å²) < 4.78 is 13.7. The second-order valence-corrected chi connectivity index (χ2v) is 8.60. The van der Waals surface area contributed by atoms with E-state index in [4.69, 9.17) is 9.47 Å². The predicted octanol–water partition coefficient (Wildman–Crippen LogP) is 3.12. The highest BCUT2D eigenvalue weighted by atomic mass is 16.5. The summed E-state index contributed by atoms with van der Waals surface area (Å²) in [5, 5.41) is 4.94. The van der Waals surface area contributed by atoms with Crippen LogP contribution in [0, 0.1) is 0 Å². The highest BCUT2D eigenvalue weighted by Crippen LogP contribution is 2.28. The van der Waals surface area contributed by atoms with Crippen LogP contribution in [-0.4, -0.2) is 47.4 Å². The van der Waals surface area contributed by atoms with Crippen molar-refractivity contribution >= 4 is 29.4 Å². The summed E-state index contributed by atoms with van der Waals surface area (Å²) in [5.41, 5.74) is 5.23. The number of allylic oxidation sites excluding steroid dienone is 1. The number of benzene rings is 1. The minimum atomic E-state index is -0.362. The van der Waals surface area contributed by atoms with Gasteiger partial charge in [-0.1, -0.05) is 24.8 Å². The van der Waals surface area contributed by atoms with Gasteiger partial charge >= 0.3 is 5.97 Å². The van der Waals surface area contributed by atoms with E-state index in [1.54, 1.807) is 12.4 Å². The number of esters is 1. The Morgan fingerprint density at radius 1 is 1.17 bits per heavy atom. The zero-order valence-electron chi connectivity index (χ0n) is 20.8. The molecule has 1 aliphatic heterocycles. The third-order valence-corrected chi connectivity index (χ3v) is 6.24. The number of para-hydroxylation sites is 1. The summed E-state index contributed by atoms with van der Waals surface area (Å²) in [5.74, 6) is 0.400. The SMILES string of the molecule is C=c1/c(=C2/CN(C)CO/C2=C(/C)c2ccncc2)c(C(=O)OCC)c(CNc2ccccc2)n1C. The molecule has 0 aliphatic carbocycles. The molecule has 0 saturated carbocycles. The number of nitrogens with one attached hydrogen (secondary N) is 1. The van der Waals surface area contributed by atoms with Crippen LogP contribution in [-0.2, 0) is 23.1 Å². The molecule has 1 aliphatic rings. The van der Waals surface area contributed by atoms with Crippen molar-refractivity contribution in [2.24, 2.45) is 7.05 Å². The molecule has 3 heterocycles. The molecular formula is C28H32N4O3. The summed E-state index contributed by atoms with van der Waals surface area (Å²) >= 11 is 0. The van der Waals surface area contributed by atoms with E-state index in [2.05, 4.69) is 21.8 Å². The van der Waals surface area contributed by atoms with E-state index in [9.17, 15) is 4.79 Å². The topological polar surface area (TPSA) is 68.6 Å². The van der Waals surface area contributed by atoms with Crippen LogP contribution in [0.4, 0.5) is 5.69 Å². The quantitative estimate of drug-likeness (QED) is 0.556. The zero-order valence-corrected chi connectivity index (χ0v) is 20.8. The third kappa shape index (κ3) is 5.00. The van der Waals surface area contributed by atoms with Crippen LogP contribution in [0.5, 0.6) is 0 Å². The number of ether oxygens (including phenoxy) is 2. The maximum Gasteiger partial charge on any atom is 0.340 e. The molecule has 0 radical (unpaired) electrons. The first-order valence-corrected chi connectivity index (χ1v) is 11.7. The van der Waals surface area contributed by atoms with Gasteiger partial charge in [-0.3, -0.25) is 9.88 Å². The number of anilines is 1. The molecule has 1 aromatic carbocycles. The Balaban J connectivity index is 1.96. The minimum Gasteiger partial charge on any atom is -0.477 e. The van der Waals surface area contributed by atoms with Gasteiger partial charge in [0.05, 0.1) is 24.4 Å². The van der Waals surface area contributed by atoms with E-state index in [-0.39, 0.29) is 12.6 Å². The predicted molar refractivity (Wildman–Crippen MR) is 139 cm³/mol. The van der Waals surface area contributed by atoms with Gasteiger partial charge in [-0.05, 0) is 56.3 Å². The number of carbonyl (C=O) groups is 1. The lowest BCUT2D eigenvalue weighted by Gasteiger charge is -2.29. The molecule has 4 rings (SSSR count). The fourth-order valence-corrected chi connectivity index (χ4v) is 4.39. The van der Waals surface area contributed by atoms with E-state index in [1.165, 1.54) is 0 Å². The summed E-state index contributed by atoms with van der Waals surface area (Å²) in [4.78, 5) is 19.6. The largest absolute Gasteiger partial charge is 0.477 e. The Bertz CT molecular complexity index is 1340. The van der Waals surface area contributed by atoms with Crippen molar-refractivity contribution in [3.63, 3.8) is 0 Å². The van der Waals surface area contributed by atoms with Gasteiger partial charge in [0.2, 0.25) is 0 Å². The van der Waals surface area contributed by atoms with Crippen molar-refractivity contribution in [3.05, 3.63) is 88.0 Å². The lowest BCUT2D eigenvalue weighted by atomic mass is 9.99. The second-order valence-electron chi connectivity index (χ2n) is 8.60. The van der Waals surface area contributed by atoms with Crippen LogP contribution in [0.25, 0.3) is 17.7 Å². The van der Waals surface area contributed by atoms with Crippen molar-refractivity contribution in [1.29, 1.82) is 0 Å². The van der Waals surface area contributed by atoms with E-state index in [0.29, 0.717) is 25.4 Å². The molecule has 2 aromatic heterocycles. The fourth-order valence-electron chi connectivity index (χ4n) is 4.39. The van der Waals surface area contributed by atoms with Crippen molar-refractivity contribution in [2.45, 2.75) is 20.4 Å². The zero-order chi connectivity index (χ0) is 24.9. The normalized spacial score (nSPS) is 17.0. The van der Waals surface area contributed by atoms with Gasteiger partial charge in [0.1, 0.15) is 12.5 Å². The molecule has 7 heteroatoms. The highest BCUT2D eigenvalue weighted by Gasteiger charge is 2.27. The Morgan fingerprint density at radius 2 is 1.89 bits per heavy atom. The number of aromatic nitrogens is 2. The summed E-state index contributed by atoms with van der Waals surface area (Å²) in [6.07, 6.45) is 3.53. The van der Waals surface area contributed by atoms with Gasteiger partial charge in [-0.2, -0.15) is 0 Å². The first kappa shape index (κ1) is 24.3. The smallest absolute Gasteiger partial charge is 0.340 e. The second kappa shape index (κ2) is 10.6. The first-order chi connectivity index (χ1) is 16.9. The molecular weight excluding hydrogens is 440 g/mol. The van der Waals surface area contributed by atoms with Gasteiger partial charge in [0, 0.05) is 47.8 Å². The Kier molecular flexibility index (Phi) is 7.36. The maximum absolute atomic E-state index is 13.4. The number of hydrogen-bond donors (Lipinski definition) is 1. The van der Waals surface area contributed by atoms with Crippen LogP contribution in [0.2, 0.25) is 0 Å². The number of carbonyl (C=O) groups excluding carboxylic acids is 1. The van der Waals surface area contributed by atoms with Crippen LogP contribution in [0.15, 0.2) is 60.6 Å². The molecule has 0 unspecified atom stereocenters. The molecule has 3 aromatic rings. The molecule has 0 amide bonds. The number of rotatable bonds is 6. The van der Waals surface area contributed by atoms with Crippen molar-refractivity contribution in [1.82, 2.24) is 14.5 Å². The van der Waals surface area contributed by atoms with Crippen LogP contribution >= 0.6 is 0 Å². The molecule has 7 nitrogen and oxygen atoms in total. The lowest BCUT2D eigenvalue weighted by Crippen LogP contribution is -2.39. The third-order valence-electron chi connectivity index (χ3n) is 6.24. The average Bonchev–Trinajstić information content (AvgIpc) is 3.13. The lowest BCUT2D eigenvalue weighted by molar-refractivity contribution is 0.0523. The van der Waals surface area contributed by atoms with Gasteiger partial charge < -0.3 is 19.4 Å². The molecule has 1 fully saturated rings. The van der Waals surface area contributed by atoms with E-state index < -0.39 is 0 Å². The molecule has 0 bridgehead atoms. The Morgan fingerprint density at radius 3 is 2.57 bits per heavy atom. The maximum atomic E-state index is 13.4. The number of hydrogen-bond acceptors (Lipinski definition) is 6. The highest BCUT2D eigenvalue weighted by molar-refractivity contribution is 5.94. The number of pyridine rings is 1. The standard InChI is InChI=1S/C28H32N4O3/c1-6-34-28(33)26-24(16-30-22-10-8-7-9-11-22)32(5)20(3)25(26)23-17-31(4)18-35-27(23)19(2)21-12-14-29-15-13-21/h7-15,30H,3,6,16-18H2,1-2,4-5H3/b25-23+,27-19-. The van der Waals surface area contributed by atoms with Crippen molar-refractivity contribution in [2.75, 3.05) is 32.2 Å². The van der Waals surface area contributed by atoms with Gasteiger partial charge in [0.25, 0.3) is 0 Å². The average molecular weight is 473 g/mol. The van der Waals surface area contributed by atoms with Crippen LogP contribution < -0.4 is 15.9 Å². The fraction of sp³-hybridized carbons (Fsp3) is 0.286. The monoisotopic (exact) mass is 472 g/mol. The van der Waals surface area contributed by atoms with E-state index >= 15 is 0 Å². The van der Waals surface area contributed by atoms with Gasteiger partial charge in [0.15, 0.2) is 0 Å². The Hall–Kier alpha value is -3.84. The first-order valence-electron chi connectivity index (χ1n) is 11.7. The van der Waals surface area contributed by atoms with Gasteiger partial charge in [-0.15, -0.1) is 0 Å². The summed E-state index contributed by atoms with van der Waals surface area (Å²) in [6.45, 7) is 10.0. The van der Waals surface area contributed by atoms with Gasteiger partial charge in [-0.25, -0.2) is 4.79 Å². The van der Waals surface area contributed by atoms with E-state index in [0.717, 1.165) is 44.4 Å². The molecule has 0 atom stereocenters. The molecule has 1 N–H and O–H groups in total. The molecule has 35 heavy (non-hydrogen) atoms. The molecule has 182 valence electrons. The van der Waals surface area contributed by atoms with Crippen molar-refractivity contribution < 1.29 is 14.3 Å². The number of nitrogens with zero attached hydrogens (tertiary/aromatic N) is 3. The minimum absolute atomic E-state index is 0.287.